The van der Waals surface area contributed by atoms with Gasteiger partial charge in [0.2, 0.25) is 6.41 Å². The SMILES string of the molecule is Cc1sccc1-c1c(NC=O)cccc1-c1ccc(CC(C)N)cc1. The number of anilines is 1. The fourth-order valence-electron chi connectivity index (χ4n) is 3.10. The Labute approximate surface area is 152 Å². The Balaban J connectivity index is 2.11. The molecule has 1 atom stereocenters. The van der Waals surface area contributed by atoms with Gasteiger partial charge in [-0.05, 0) is 60.0 Å². The van der Waals surface area contributed by atoms with E-state index in [1.807, 2.05) is 19.1 Å². The van der Waals surface area contributed by atoms with Crippen molar-refractivity contribution in [3.8, 4) is 22.3 Å². The lowest BCUT2D eigenvalue weighted by Gasteiger charge is -2.15. The zero-order valence-electron chi connectivity index (χ0n) is 14.5. The molecule has 0 fully saturated rings. The highest BCUT2D eigenvalue weighted by Gasteiger charge is 2.15. The van der Waals surface area contributed by atoms with Crippen molar-refractivity contribution in [1.82, 2.24) is 0 Å². The van der Waals surface area contributed by atoms with Crippen molar-refractivity contribution in [1.29, 1.82) is 0 Å². The van der Waals surface area contributed by atoms with Crippen LogP contribution in [0.3, 0.4) is 0 Å². The van der Waals surface area contributed by atoms with E-state index in [1.54, 1.807) is 11.3 Å². The molecule has 2 aromatic carbocycles. The van der Waals surface area contributed by atoms with Gasteiger partial charge in [-0.3, -0.25) is 4.79 Å². The van der Waals surface area contributed by atoms with Crippen molar-refractivity contribution in [2.75, 3.05) is 5.32 Å². The fraction of sp³-hybridized carbons (Fsp3) is 0.190. The maximum absolute atomic E-state index is 11.1. The molecule has 1 amide bonds. The van der Waals surface area contributed by atoms with Crippen LogP contribution in [0.25, 0.3) is 22.3 Å². The number of amides is 1. The van der Waals surface area contributed by atoms with Crippen LogP contribution in [0.1, 0.15) is 17.4 Å². The van der Waals surface area contributed by atoms with E-state index >= 15 is 0 Å². The molecule has 3 nitrogen and oxygen atoms in total. The molecule has 25 heavy (non-hydrogen) atoms. The van der Waals surface area contributed by atoms with Gasteiger partial charge in [0.15, 0.2) is 0 Å². The van der Waals surface area contributed by atoms with E-state index in [0.29, 0.717) is 0 Å². The first-order valence-electron chi connectivity index (χ1n) is 8.32. The molecule has 0 aliphatic rings. The number of hydrogen-bond donors (Lipinski definition) is 2. The van der Waals surface area contributed by atoms with Crippen LogP contribution in [0.4, 0.5) is 5.69 Å². The van der Waals surface area contributed by atoms with Gasteiger partial charge in [0.1, 0.15) is 0 Å². The minimum absolute atomic E-state index is 0.148. The topological polar surface area (TPSA) is 55.1 Å². The zero-order chi connectivity index (χ0) is 17.8. The number of benzene rings is 2. The van der Waals surface area contributed by atoms with Crippen molar-refractivity contribution in [2.24, 2.45) is 5.73 Å². The van der Waals surface area contributed by atoms with Crippen molar-refractivity contribution in [3.63, 3.8) is 0 Å². The number of hydrogen-bond acceptors (Lipinski definition) is 3. The molecule has 3 aromatic rings. The van der Waals surface area contributed by atoms with Crippen LogP contribution in [-0.2, 0) is 11.2 Å². The summed E-state index contributed by atoms with van der Waals surface area (Å²) in [5.41, 5.74) is 12.4. The average molecular weight is 350 g/mol. The summed E-state index contributed by atoms with van der Waals surface area (Å²) < 4.78 is 0. The summed E-state index contributed by atoms with van der Waals surface area (Å²) in [5, 5.41) is 4.93. The van der Waals surface area contributed by atoms with Crippen LogP contribution in [0.5, 0.6) is 0 Å². The van der Waals surface area contributed by atoms with E-state index < -0.39 is 0 Å². The van der Waals surface area contributed by atoms with Gasteiger partial charge in [-0.1, -0.05) is 36.4 Å². The van der Waals surface area contributed by atoms with Gasteiger partial charge < -0.3 is 11.1 Å². The summed E-state index contributed by atoms with van der Waals surface area (Å²) in [4.78, 5) is 12.3. The average Bonchev–Trinajstić information content (AvgIpc) is 3.01. The van der Waals surface area contributed by atoms with Gasteiger partial charge in [0.05, 0.1) is 0 Å². The number of carbonyl (C=O) groups is 1. The lowest BCUT2D eigenvalue weighted by Crippen LogP contribution is -2.17. The molecule has 0 spiro atoms. The standard InChI is InChI=1S/C21H22N2OS/c1-14(22)12-16-6-8-17(9-7-16)19-4-3-5-20(23-13-24)21(19)18-10-11-25-15(18)2/h3-11,13-14H,12,22H2,1-2H3,(H,23,24). The van der Waals surface area contributed by atoms with Gasteiger partial charge in [-0.2, -0.15) is 0 Å². The van der Waals surface area contributed by atoms with E-state index in [0.717, 1.165) is 40.8 Å². The Hall–Kier alpha value is -2.43. The molecule has 4 heteroatoms. The number of nitrogens with one attached hydrogen (secondary N) is 1. The van der Waals surface area contributed by atoms with Crippen molar-refractivity contribution in [3.05, 3.63) is 64.4 Å². The first-order chi connectivity index (χ1) is 12.1. The summed E-state index contributed by atoms with van der Waals surface area (Å²) >= 11 is 1.71. The first kappa shape index (κ1) is 17.4. The maximum Gasteiger partial charge on any atom is 0.211 e. The third-order valence-corrected chi connectivity index (χ3v) is 5.08. The lowest BCUT2D eigenvalue weighted by atomic mass is 9.92. The minimum Gasteiger partial charge on any atom is -0.328 e. The molecule has 0 saturated heterocycles. The molecular weight excluding hydrogens is 328 g/mol. The van der Waals surface area contributed by atoms with Gasteiger partial charge in [0, 0.05) is 22.2 Å². The van der Waals surface area contributed by atoms with Crippen LogP contribution in [0, 0.1) is 6.92 Å². The first-order valence-corrected chi connectivity index (χ1v) is 9.20. The molecule has 0 radical (unpaired) electrons. The van der Waals surface area contributed by atoms with E-state index in [9.17, 15) is 4.79 Å². The third kappa shape index (κ3) is 3.81. The Kier molecular flexibility index (Phi) is 5.31. The number of rotatable bonds is 6. The number of nitrogens with two attached hydrogens (primary N) is 1. The molecule has 3 rings (SSSR count). The van der Waals surface area contributed by atoms with Gasteiger partial charge in [-0.15, -0.1) is 11.3 Å². The molecule has 0 aliphatic heterocycles. The molecule has 1 aromatic heterocycles. The molecule has 0 saturated carbocycles. The molecule has 0 bridgehead atoms. The molecule has 3 N–H and O–H groups in total. The van der Waals surface area contributed by atoms with Crippen molar-refractivity contribution in [2.45, 2.75) is 26.3 Å². The maximum atomic E-state index is 11.1. The predicted octanol–water partition coefficient (Wildman–Crippen LogP) is 4.85. The Bertz CT molecular complexity index is 866. The normalized spacial score (nSPS) is 12.0. The van der Waals surface area contributed by atoms with Crippen LogP contribution in [-0.4, -0.2) is 12.5 Å². The predicted molar refractivity (Wildman–Crippen MR) is 107 cm³/mol. The van der Waals surface area contributed by atoms with Crippen LogP contribution >= 0.6 is 11.3 Å². The van der Waals surface area contributed by atoms with Gasteiger partial charge in [-0.25, -0.2) is 0 Å². The highest BCUT2D eigenvalue weighted by molar-refractivity contribution is 7.10. The second-order valence-electron chi connectivity index (χ2n) is 6.26. The molecule has 128 valence electrons. The Morgan fingerprint density at radius 1 is 1.12 bits per heavy atom. The monoisotopic (exact) mass is 350 g/mol. The quantitative estimate of drug-likeness (QED) is 0.625. The molecule has 0 aliphatic carbocycles. The van der Waals surface area contributed by atoms with E-state index in [4.69, 9.17) is 5.73 Å². The van der Waals surface area contributed by atoms with Crippen LogP contribution in [0.2, 0.25) is 0 Å². The van der Waals surface area contributed by atoms with E-state index in [1.165, 1.54) is 10.4 Å². The molecular formula is C21H22N2OS. The highest BCUT2D eigenvalue weighted by atomic mass is 32.1. The van der Waals surface area contributed by atoms with Crippen LogP contribution in [0.15, 0.2) is 53.9 Å². The highest BCUT2D eigenvalue weighted by Crippen LogP contribution is 2.40. The van der Waals surface area contributed by atoms with E-state index in [-0.39, 0.29) is 6.04 Å². The summed E-state index contributed by atoms with van der Waals surface area (Å²) in [6, 6.07) is 16.8. The second-order valence-corrected chi connectivity index (χ2v) is 7.38. The smallest absolute Gasteiger partial charge is 0.211 e. The number of aryl methyl sites for hydroxylation is 1. The summed E-state index contributed by atoms with van der Waals surface area (Å²) in [5.74, 6) is 0. The summed E-state index contributed by atoms with van der Waals surface area (Å²) in [6.07, 6.45) is 1.60. The largest absolute Gasteiger partial charge is 0.328 e. The zero-order valence-corrected chi connectivity index (χ0v) is 15.3. The van der Waals surface area contributed by atoms with Crippen molar-refractivity contribution < 1.29 is 4.79 Å². The van der Waals surface area contributed by atoms with Crippen LogP contribution < -0.4 is 11.1 Å². The van der Waals surface area contributed by atoms with E-state index in [2.05, 4.69) is 54.0 Å². The van der Waals surface area contributed by atoms with Gasteiger partial charge in [0.25, 0.3) is 0 Å². The summed E-state index contributed by atoms with van der Waals surface area (Å²) in [7, 11) is 0. The molecule has 1 unspecified atom stereocenters. The van der Waals surface area contributed by atoms with Crippen molar-refractivity contribution >= 4 is 23.4 Å². The minimum atomic E-state index is 0.148. The third-order valence-electron chi connectivity index (χ3n) is 4.23. The lowest BCUT2D eigenvalue weighted by molar-refractivity contribution is -0.105. The van der Waals surface area contributed by atoms with Gasteiger partial charge >= 0.3 is 0 Å². The summed E-state index contributed by atoms with van der Waals surface area (Å²) in [6.45, 7) is 4.12. The Morgan fingerprint density at radius 3 is 2.48 bits per heavy atom. The molecule has 1 heterocycles. The Morgan fingerprint density at radius 2 is 1.88 bits per heavy atom. The number of thiophene rings is 1. The second kappa shape index (κ2) is 7.64. The fourth-order valence-corrected chi connectivity index (χ4v) is 3.81. The number of carbonyl (C=O) groups excluding carboxylic acids is 1.